The minimum absolute atomic E-state index is 0.146. The SMILES string of the molecule is O=C(O)CCCC1COC2(Cc3ccccc3)C=CC(=O)CC12. The van der Waals surface area contributed by atoms with E-state index >= 15 is 0 Å². The Bertz CT molecular complexity index is 607. The Hall–Kier alpha value is -1.94. The lowest BCUT2D eigenvalue weighted by Crippen LogP contribution is -2.41. The second-order valence-corrected chi connectivity index (χ2v) is 6.58. The molecule has 0 saturated carbocycles. The second-order valence-electron chi connectivity index (χ2n) is 6.58. The lowest BCUT2D eigenvalue weighted by atomic mass is 9.71. The molecule has 1 aromatic carbocycles. The van der Waals surface area contributed by atoms with Crippen molar-refractivity contribution in [1.29, 1.82) is 0 Å². The van der Waals surface area contributed by atoms with E-state index in [1.54, 1.807) is 6.08 Å². The number of benzene rings is 1. The molecule has 0 bridgehead atoms. The number of allylic oxidation sites excluding steroid dienone is 1. The van der Waals surface area contributed by atoms with E-state index in [2.05, 4.69) is 12.1 Å². The van der Waals surface area contributed by atoms with Gasteiger partial charge in [-0.05, 0) is 36.5 Å². The summed E-state index contributed by atoms with van der Waals surface area (Å²) >= 11 is 0. The first-order valence-electron chi connectivity index (χ1n) is 8.21. The smallest absolute Gasteiger partial charge is 0.303 e. The summed E-state index contributed by atoms with van der Waals surface area (Å²) in [5, 5.41) is 8.81. The topological polar surface area (TPSA) is 63.6 Å². The molecule has 4 nitrogen and oxygen atoms in total. The van der Waals surface area contributed by atoms with Crippen molar-refractivity contribution in [2.24, 2.45) is 11.8 Å². The van der Waals surface area contributed by atoms with Gasteiger partial charge in [-0.1, -0.05) is 30.3 Å². The molecule has 3 atom stereocenters. The number of hydrogen-bond acceptors (Lipinski definition) is 3. The van der Waals surface area contributed by atoms with Crippen LogP contribution in [0.4, 0.5) is 0 Å². The zero-order valence-corrected chi connectivity index (χ0v) is 13.1. The molecule has 0 spiro atoms. The largest absolute Gasteiger partial charge is 0.481 e. The van der Waals surface area contributed by atoms with Gasteiger partial charge in [-0.15, -0.1) is 0 Å². The first-order valence-corrected chi connectivity index (χ1v) is 8.21. The molecule has 1 N–H and O–H groups in total. The maximum Gasteiger partial charge on any atom is 0.303 e. The molecule has 1 fully saturated rings. The third-order valence-corrected chi connectivity index (χ3v) is 5.02. The van der Waals surface area contributed by atoms with Crippen LogP contribution >= 0.6 is 0 Å². The van der Waals surface area contributed by atoms with Gasteiger partial charge in [-0.25, -0.2) is 0 Å². The number of carbonyl (C=O) groups is 2. The van der Waals surface area contributed by atoms with Crippen LogP contribution in [0.25, 0.3) is 0 Å². The predicted molar refractivity (Wildman–Crippen MR) is 86.1 cm³/mol. The summed E-state index contributed by atoms with van der Waals surface area (Å²) in [4.78, 5) is 22.6. The van der Waals surface area contributed by atoms with E-state index in [4.69, 9.17) is 9.84 Å². The van der Waals surface area contributed by atoms with Gasteiger partial charge in [0.2, 0.25) is 0 Å². The fourth-order valence-electron chi connectivity index (χ4n) is 3.87. The molecule has 23 heavy (non-hydrogen) atoms. The van der Waals surface area contributed by atoms with Crippen molar-refractivity contribution in [2.45, 2.75) is 37.7 Å². The van der Waals surface area contributed by atoms with Crippen molar-refractivity contribution in [1.82, 2.24) is 0 Å². The normalized spacial score (nSPS) is 29.5. The van der Waals surface area contributed by atoms with Gasteiger partial charge < -0.3 is 9.84 Å². The molecule has 0 amide bonds. The number of carboxylic acid groups (broad SMARTS) is 1. The second kappa shape index (κ2) is 6.67. The van der Waals surface area contributed by atoms with E-state index in [1.807, 2.05) is 24.3 Å². The third kappa shape index (κ3) is 3.53. The molecule has 1 saturated heterocycles. The van der Waals surface area contributed by atoms with E-state index in [9.17, 15) is 9.59 Å². The Morgan fingerprint density at radius 3 is 2.83 bits per heavy atom. The Kier molecular flexibility index (Phi) is 4.62. The molecule has 3 rings (SSSR count). The van der Waals surface area contributed by atoms with Gasteiger partial charge in [-0.3, -0.25) is 9.59 Å². The number of ether oxygens (including phenoxy) is 1. The van der Waals surface area contributed by atoms with Gasteiger partial charge in [0.1, 0.15) is 0 Å². The highest BCUT2D eigenvalue weighted by atomic mass is 16.5. The van der Waals surface area contributed by atoms with Crippen LogP contribution in [0.3, 0.4) is 0 Å². The van der Waals surface area contributed by atoms with Gasteiger partial charge in [0.25, 0.3) is 0 Å². The third-order valence-electron chi connectivity index (χ3n) is 5.02. The van der Waals surface area contributed by atoms with Gasteiger partial charge in [0.05, 0.1) is 12.2 Å². The molecule has 3 unspecified atom stereocenters. The summed E-state index contributed by atoms with van der Waals surface area (Å²) in [6, 6.07) is 10.2. The molecule has 122 valence electrons. The molecular weight excluding hydrogens is 292 g/mol. The fraction of sp³-hybridized carbons (Fsp3) is 0.474. The quantitative estimate of drug-likeness (QED) is 0.876. The molecule has 1 aliphatic carbocycles. The van der Waals surface area contributed by atoms with Crippen LogP contribution in [-0.4, -0.2) is 29.1 Å². The van der Waals surface area contributed by atoms with Crippen molar-refractivity contribution in [3.63, 3.8) is 0 Å². The minimum atomic E-state index is -0.765. The van der Waals surface area contributed by atoms with Crippen molar-refractivity contribution in [3.05, 3.63) is 48.0 Å². The predicted octanol–water partition coefficient (Wildman–Crippen LogP) is 3.01. The molecule has 1 aromatic rings. The molecular formula is C19H22O4. The number of aliphatic carboxylic acids is 1. The van der Waals surface area contributed by atoms with Gasteiger partial charge >= 0.3 is 5.97 Å². The lowest BCUT2D eigenvalue weighted by molar-refractivity contribution is -0.137. The Balaban J connectivity index is 1.76. The highest BCUT2D eigenvalue weighted by Crippen LogP contribution is 2.46. The summed E-state index contributed by atoms with van der Waals surface area (Å²) in [5.74, 6) is -0.215. The summed E-state index contributed by atoms with van der Waals surface area (Å²) in [6.45, 7) is 0.606. The van der Waals surface area contributed by atoms with Crippen molar-refractivity contribution >= 4 is 11.8 Å². The van der Waals surface area contributed by atoms with Crippen LogP contribution in [0, 0.1) is 11.8 Å². The highest BCUT2D eigenvalue weighted by molar-refractivity contribution is 5.91. The number of carboxylic acids is 1. The van der Waals surface area contributed by atoms with Gasteiger partial charge in [-0.2, -0.15) is 0 Å². The Morgan fingerprint density at radius 2 is 2.09 bits per heavy atom. The van der Waals surface area contributed by atoms with E-state index in [1.165, 1.54) is 5.56 Å². The Morgan fingerprint density at radius 1 is 1.30 bits per heavy atom. The molecule has 1 aliphatic heterocycles. The van der Waals surface area contributed by atoms with E-state index < -0.39 is 11.6 Å². The average Bonchev–Trinajstić information content (AvgIpc) is 2.87. The van der Waals surface area contributed by atoms with Crippen molar-refractivity contribution in [3.8, 4) is 0 Å². The molecule has 2 aliphatic rings. The first-order chi connectivity index (χ1) is 11.1. The fourth-order valence-corrected chi connectivity index (χ4v) is 3.87. The van der Waals surface area contributed by atoms with Crippen LogP contribution in [0.1, 0.15) is 31.2 Å². The van der Waals surface area contributed by atoms with Crippen LogP contribution in [-0.2, 0) is 20.7 Å². The summed E-state index contributed by atoms with van der Waals surface area (Å²) in [5.41, 5.74) is 0.783. The first kappa shape index (κ1) is 15.9. The average molecular weight is 314 g/mol. The highest BCUT2D eigenvalue weighted by Gasteiger charge is 2.50. The number of carbonyl (C=O) groups excluding carboxylic acids is 1. The molecule has 1 heterocycles. The van der Waals surface area contributed by atoms with E-state index in [-0.39, 0.29) is 24.0 Å². The van der Waals surface area contributed by atoms with Crippen molar-refractivity contribution in [2.75, 3.05) is 6.61 Å². The zero-order chi connectivity index (χ0) is 16.3. The zero-order valence-electron chi connectivity index (χ0n) is 13.1. The van der Waals surface area contributed by atoms with E-state index in [0.29, 0.717) is 19.4 Å². The maximum absolute atomic E-state index is 11.9. The monoisotopic (exact) mass is 314 g/mol. The summed E-state index contributed by atoms with van der Waals surface area (Å²) in [6.07, 6.45) is 6.47. The van der Waals surface area contributed by atoms with Crippen molar-refractivity contribution < 1.29 is 19.4 Å². The van der Waals surface area contributed by atoms with Crippen LogP contribution < -0.4 is 0 Å². The van der Waals surface area contributed by atoms with E-state index in [0.717, 1.165) is 12.8 Å². The van der Waals surface area contributed by atoms with Gasteiger partial charge in [0, 0.05) is 25.2 Å². The standard InChI is InChI=1S/C19H22O4/c20-16-9-10-19(12-14-5-2-1-3-6-14)17(11-16)15(13-23-19)7-4-8-18(21)22/h1-3,5-6,9-10,15,17H,4,7-8,11-13H2,(H,21,22). The number of hydrogen-bond donors (Lipinski definition) is 1. The number of rotatable bonds is 6. The molecule has 0 aromatic heterocycles. The summed E-state index contributed by atoms with van der Waals surface area (Å²) in [7, 11) is 0. The molecule has 0 radical (unpaired) electrons. The number of fused-ring (bicyclic) bond motifs is 1. The lowest BCUT2D eigenvalue weighted by Gasteiger charge is -2.35. The maximum atomic E-state index is 11.9. The van der Waals surface area contributed by atoms with Crippen LogP contribution in [0.2, 0.25) is 0 Å². The van der Waals surface area contributed by atoms with Crippen LogP contribution in [0.15, 0.2) is 42.5 Å². The van der Waals surface area contributed by atoms with Gasteiger partial charge in [0.15, 0.2) is 5.78 Å². The molecule has 4 heteroatoms. The van der Waals surface area contributed by atoms with Crippen LogP contribution in [0.5, 0.6) is 0 Å². The summed E-state index contributed by atoms with van der Waals surface area (Å²) < 4.78 is 6.18. The number of ketones is 1. The minimum Gasteiger partial charge on any atom is -0.481 e. The Labute approximate surface area is 136 Å².